The van der Waals surface area contributed by atoms with Crippen molar-refractivity contribution in [1.29, 1.82) is 0 Å². The zero-order valence-corrected chi connectivity index (χ0v) is 19.1. The minimum Gasteiger partial charge on any atom is -0.494 e. The van der Waals surface area contributed by atoms with E-state index in [1.165, 1.54) is 31.2 Å². The molecule has 7 nitrogen and oxygen atoms in total. The van der Waals surface area contributed by atoms with Crippen molar-refractivity contribution in [2.45, 2.75) is 26.4 Å². The van der Waals surface area contributed by atoms with Gasteiger partial charge in [0.1, 0.15) is 6.04 Å². The second-order valence-electron chi connectivity index (χ2n) is 7.50. The van der Waals surface area contributed by atoms with Gasteiger partial charge >= 0.3 is 5.97 Å². The standard InChI is InChI=1S/C23H26ClFN2O5/c1-14(2)21(26-22(29)16-7-5-6-8-17(16)24)23(30)32-13-20(28)27(3)12-15-9-10-19(31-4)18(25)11-15/h5-11,14,21H,12-13H2,1-4H3,(H,26,29)/t21-/m0/s1. The topological polar surface area (TPSA) is 84.9 Å². The average Bonchev–Trinajstić information content (AvgIpc) is 2.75. The van der Waals surface area contributed by atoms with Gasteiger partial charge in [0.05, 0.1) is 17.7 Å². The summed E-state index contributed by atoms with van der Waals surface area (Å²) in [5.74, 6) is -2.45. The molecule has 0 bridgehead atoms. The number of hydrogen-bond donors (Lipinski definition) is 1. The largest absolute Gasteiger partial charge is 0.494 e. The van der Waals surface area contributed by atoms with Crippen molar-refractivity contribution in [1.82, 2.24) is 10.2 Å². The van der Waals surface area contributed by atoms with Crippen LogP contribution in [0.15, 0.2) is 42.5 Å². The van der Waals surface area contributed by atoms with E-state index in [-0.39, 0.29) is 28.8 Å². The molecule has 0 fully saturated rings. The van der Waals surface area contributed by atoms with Gasteiger partial charge in [-0.1, -0.05) is 43.6 Å². The molecule has 2 aromatic carbocycles. The maximum atomic E-state index is 13.8. The van der Waals surface area contributed by atoms with E-state index in [4.69, 9.17) is 21.1 Å². The first-order valence-electron chi connectivity index (χ1n) is 9.92. The van der Waals surface area contributed by atoms with Gasteiger partial charge in [0, 0.05) is 13.6 Å². The molecule has 1 N–H and O–H groups in total. The molecule has 0 saturated heterocycles. The quantitative estimate of drug-likeness (QED) is 0.574. The van der Waals surface area contributed by atoms with Crippen LogP contribution in [0.25, 0.3) is 0 Å². The first kappa shape index (κ1) is 25.1. The molecule has 1 atom stereocenters. The van der Waals surface area contributed by atoms with Crippen LogP contribution >= 0.6 is 11.6 Å². The number of amides is 2. The molecule has 0 heterocycles. The Morgan fingerprint density at radius 2 is 1.84 bits per heavy atom. The van der Waals surface area contributed by atoms with Crippen molar-refractivity contribution < 1.29 is 28.2 Å². The zero-order valence-electron chi connectivity index (χ0n) is 18.4. The lowest BCUT2D eigenvalue weighted by Crippen LogP contribution is -2.46. The predicted octanol–water partition coefficient (Wildman–Crippen LogP) is 3.44. The van der Waals surface area contributed by atoms with Crippen LogP contribution in [-0.2, 0) is 20.9 Å². The van der Waals surface area contributed by atoms with Crippen LogP contribution in [-0.4, -0.2) is 49.5 Å². The minimum atomic E-state index is -0.965. The summed E-state index contributed by atoms with van der Waals surface area (Å²) in [4.78, 5) is 38.7. The number of nitrogens with one attached hydrogen (secondary N) is 1. The normalized spacial score (nSPS) is 11.6. The number of hydrogen-bond acceptors (Lipinski definition) is 5. The summed E-state index contributed by atoms with van der Waals surface area (Å²) in [5, 5.41) is 2.86. The maximum Gasteiger partial charge on any atom is 0.329 e. The van der Waals surface area contributed by atoms with Crippen molar-refractivity contribution in [2.75, 3.05) is 20.8 Å². The molecule has 0 spiro atoms. The number of nitrogens with zero attached hydrogens (tertiary/aromatic N) is 1. The lowest BCUT2D eigenvalue weighted by Gasteiger charge is -2.22. The van der Waals surface area contributed by atoms with Crippen LogP contribution in [0.2, 0.25) is 5.02 Å². The molecule has 0 radical (unpaired) electrons. The molecule has 0 unspecified atom stereocenters. The second kappa shape index (κ2) is 11.5. The van der Waals surface area contributed by atoms with E-state index >= 15 is 0 Å². The fourth-order valence-corrected chi connectivity index (χ4v) is 3.09. The summed E-state index contributed by atoms with van der Waals surface area (Å²) in [6.45, 7) is 3.09. The molecule has 0 aliphatic rings. The SMILES string of the molecule is COc1ccc(CN(C)C(=O)COC(=O)[C@@H](NC(=O)c2ccccc2Cl)C(C)C)cc1F. The number of benzene rings is 2. The number of methoxy groups -OCH3 is 1. The molecule has 2 amide bonds. The Morgan fingerprint density at radius 3 is 2.44 bits per heavy atom. The molecule has 0 aliphatic carbocycles. The first-order chi connectivity index (χ1) is 15.1. The fourth-order valence-electron chi connectivity index (χ4n) is 2.87. The van der Waals surface area contributed by atoms with Crippen molar-refractivity contribution in [3.63, 3.8) is 0 Å². The van der Waals surface area contributed by atoms with Gasteiger partial charge in [-0.2, -0.15) is 0 Å². The van der Waals surface area contributed by atoms with Crippen molar-refractivity contribution in [2.24, 2.45) is 5.92 Å². The molecule has 0 saturated carbocycles. The van der Waals surface area contributed by atoms with Crippen molar-refractivity contribution in [3.05, 3.63) is 64.4 Å². The van der Waals surface area contributed by atoms with E-state index in [2.05, 4.69) is 5.32 Å². The van der Waals surface area contributed by atoms with Gasteiger partial charge < -0.3 is 19.7 Å². The Kier molecular flexibility index (Phi) is 9.02. The number of esters is 1. The van der Waals surface area contributed by atoms with Gasteiger partial charge in [0.2, 0.25) is 0 Å². The molecule has 32 heavy (non-hydrogen) atoms. The van der Waals surface area contributed by atoms with Gasteiger partial charge in [0.15, 0.2) is 18.2 Å². The summed E-state index contributed by atoms with van der Waals surface area (Å²) >= 11 is 6.03. The van der Waals surface area contributed by atoms with E-state index < -0.39 is 36.2 Å². The monoisotopic (exact) mass is 464 g/mol. The number of rotatable bonds is 9. The Bertz CT molecular complexity index is 983. The van der Waals surface area contributed by atoms with Gasteiger partial charge in [-0.3, -0.25) is 9.59 Å². The number of ether oxygens (including phenoxy) is 2. The fraction of sp³-hybridized carbons (Fsp3) is 0.348. The molecule has 2 rings (SSSR count). The van der Waals surface area contributed by atoms with Gasteiger partial charge in [-0.25, -0.2) is 9.18 Å². The summed E-state index contributed by atoms with van der Waals surface area (Å²) in [6.07, 6.45) is 0. The number of halogens is 2. The van der Waals surface area contributed by atoms with Crippen LogP contribution < -0.4 is 10.1 Å². The zero-order chi connectivity index (χ0) is 23.8. The average molecular weight is 465 g/mol. The Hall–Kier alpha value is -3.13. The summed E-state index contributed by atoms with van der Waals surface area (Å²) in [7, 11) is 2.88. The van der Waals surface area contributed by atoms with Crippen molar-refractivity contribution in [3.8, 4) is 5.75 Å². The molecular formula is C23H26ClFN2O5. The number of carbonyl (C=O) groups excluding carboxylic acids is 3. The predicted molar refractivity (Wildman–Crippen MR) is 118 cm³/mol. The Labute approximate surface area is 191 Å². The maximum absolute atomic E-state index is 13.8. The van der Waals surface area contributed by atoms with Crippen LogP contribution in [0, 0.1) is 11.7 Å². The lowest BCUT2D eigenvalue weighted by molar-refractivity contribution is -0.154. The van der Waals surface area contributed by atoms with E-state index in [0.29, 0.717) is 5.56 Å². The third-order valence-electron chi connectivity index (χ3n) is 4.73. The first-order valence-corrected chi connectivity index (χ1v) is 10.3. The van der Waals surface area contributed by atoms with Gasteiger partial charge in [-0.05, 0) is 35.7 Å². The smallest absolute Gasteiger partial charge is 0.329 e. The van der Waals surface area contributed by atoms with Gasteiger partial charge in [0.25, 0.3) is 11.8 Å². The molecule has 0 aliphatic heterocycles. The Morgan fingerprint density at radius 1 is 1.16 bits per heavy atom. The highest BCUT2D eigenvalue weighted by Crippen LogP contribution is 2.19. The highest BCUT2D eigenvalue weighted by Gasteiger charge is 2.27. The Balaban J connectivity index is 1.94. The molecular weight excluding hydrogens is 439 g/mol. The number of likely N-dealkylation sites (N-methyl/N-ethyl adjacent to an activating group) is 1. The van der Waals surface area contributed by atoms with Crippen LogP contribution in [0.1, 0.15) is 29.8 Å². The highest BCUT2D eigenvalue weighted by atomic mass is 35.5. The van der Waals surface area contributed by atoms with Crippen molar-refractivity contribution >= 4 is 29.4 Å². The van der Waals surface area contributed by atoms with Crippen LogP contribution in [0.5, 0.6) is 5.75 Å². The van der Waals surface area contributed by atoms with E-state index in [1.54, 1.807) is 44.2 Å². The molecule has 9 heteroatoms. The van der Waals surface area contributed by atoms with Gasteiger partial charge in [-0.15, -0.1) is 0 Å². The third-order valence-corrected chi connectivity index (χ3v) is 5.05. The number of carbonyl (C=O) groups is 3. The highest BCUT2D eigenvalue weighted by molar-refractivity contribution is 6.33. The third kappa shape index (κ3) is 6.68. The lowest BCUT2D eigenvalue weighted by atomic mass is 10.0. The molecule has 172 valence electrons. The minimum absolute atomic E-state index is 0.107. The van der Waals surface area contributed by atoms with E-state index in [1.807, 2.05) is 0 Å². The summed E-state index contributed by atoms with van der Waals surface area (Å²) in [5.41, 5.74) is 0.785. The molecule has 2 aromatic rings. The second-order valence-corrected chi connectivity index (χ2v) is 7.91. The van der Waals surface area contributed by atoms with E-state index in [9.17, 15) is 18.8 Å². The van der Waals surface area contributed by atoms with Crippen LogP contribution in [0.4, 0.5) is 4.39 Å². The summed E-state index contributed by atoms with van der Waals surface area (Å²) in [6, 6.07) is 9.88. The summed E-state index contributed by atoms with van der Waals surface area (Å²) < 4.78 is 23.8. The van der Waals surface area contributed by atoms with E-state index in [0.717, 1.165) is 0 Å². The molecule has 0 aromatic heterocycles. The van der Waals surface area contributed by atoms with Crippen LogP contribution in [0.3, 0.4) is 0 Å².